The molecule has 0 spiro atoms. The van der Waals surface area contributed by atoms with E-state index < -0.39 is 0 Å². The summed E-state index contributed by atoms with van der Waals surface area (Å²) in [4.78, 5) is 11.6. The van der Waals surface area contributed by atoms with Crippen LogP contribution in [0, 0.1) is 23.2 Å². The molecule has 3 fully saturated rings. The van der Waals surface area contributed by atoms with Crippen LogP contribution in [0.15, 0.2) is 0 Å². The zero-order chi connectivity index (χ0) is 9.05. The third-order valence-corrected chi connectivity index (χ3v) is 4.83. The highest BCUT2D eigenvalue weighted by Crippen LogP contribution is 2.68. The molecule has 0 aliphatic heterocycles. The van der Waals surface area contributed by atoms with Gasteiger partial charge in [0.25, 0.3) is 0 Å². The van der Waals surface area contributed by atoms with E-state index in [2.05, 4.69) is 0 Å². The van der Waals surface area contributed by atoms with Crippen LogP contribution in [0.4, 0.5) is 0 Å². The van der Waals surface area contributed by atoms with Crippen LogP contribution in [0.5, 0.6) is 0 Å². The Hall–Kier alpha value is -0.370. The first kappa shape index (κ1) is 7.98. The van der Waals surface area contributed by atoms with Crippen LogP contribution in [0.2, 0.25) is 0 Å². The van der Waals surface area contributed by atoms with Crippen LogP contribution in [0.1, 0.15) is 32.1 Å². The molecule has 0 amide bonds. The number of carbonyl (C=O) groups excluding carboxylic acids is 1. The summed E-state index contributed by atoms with van der Waals surface area (Å²) in [5.74, 6) is 2.04. The van der Waals surface area contributed by atoms with Crippen molar-refractivity contribution in [3.05, 3.63) is 0 Å². The minimum absolute atomic E-state index is 0.0538. The standard InChI is InChI=1S/C11H16O2/c12-6-11-5-4-9(13)10(11)7-2-1-3-8(7)11/h7-8,10,12H,1-6H2/t7-,8+,10-,11+/m0/s1. The molecule has 0 aromatic heterocycles. The lowest BCUT2D eigenvalue weighted by molar-refractivity contribution is -0.148. The first-order chi connectivity index (χ1) is 6.29. The van der Waals surface area contributed by atoms with Crippen molar-refractivity contribution in [2.45, 2.75) is 32.1 Å². The van der Waals surface area contributed by atoms with Crippen LogP contribution in [-0.2, 0) is 4.79 Å². The highest BCUT2D eigenvalue weighted by Gasteiger charge is 2.67. The van der Waals surface area contributed by atoms with Crippen LogP contribution in [-0.4, -0.2) is 17.5 Å². The largest absolute Gasteiger partial charge is 0.396 e. The Balaban J connectivity index is 1.96. The highest BCUT2D eigenvalue weighted by atomic mass is 16.3. The minimum Gasteiger partial charge on any atom is -0.396 e. The fraction of sp³-hybridized carbons (Fsp3) is 0.909. The second-order valence-corrected chi connectivity index (χ2v) is 5.04. The molecule has 3 aliphatic carbocycles. The number of carbonyl (C=O) groups is 1. The second kappa shape index (κ2) is 2.35. The fourth-order valence-electron chi connectivity index (χ4n) is 4.35. The average molecular weight is 180 g/mol. The van der Waals surface area contributed by atoms with Crippen molar-refractivity contribution >= 4 is 5.78 Å². The summed E-state index contributed by atoms with van der Waals surface area (Å²) in [5, 5.41) is 9.46. The normalized spacial score (nSPS) is 53.0. The van der Waals surface area contributed by atoms with E-state index in [0.717, 1.165) is 12.8 Å². The summed E-state index contributed by atoms with van der Waals surface area (Å²) in [6, 6.07) is 0. The molecule has 0 saturated heterocycles. The van der Waals surface area contributed by atoms with Gasteiger partial charge in [-0.2, -0.15) is 0 Å². The third-order valence-electron chi connectivity index (χ3n) is 4.83. The van der Waals surface area contributed by atoms with Gasteiger partial charge in [0.1, 0.15) is 5.78 Å². The quantitative estimate of drug-likeness (QED) is 0.661. The zero-order valence-electron chi connectivity index (χ0n) is 7.83. The van der Waals surface area contributed by atoms with E-state index in [1.54, 1.807) is 0 Å². The van der Waals surface area contributed by atoms with Gasteiger partial charge in [0, 0.05) is 24.4 Å². The maximum atomic E-state index is 11.6. The molecule has 3 rings (SSSR count). The van der Waals surface area contributed by atoms with Gasteiger partial charge in [-0.15, -0.1) is 0 Å². The van der Waals surface area contributed by atoms with E-state index >= 15 is 0 Å². The van der Waals surface area contributed by atoms with Gasteiger partial charge in [0.05, 0.1) is 0 Å². The molecular weight excluding hydrogens is 164 g/mol. The lowest BCUT2D eigenvalue weighted by Gasteiger charge is -2.54. The monoisotopic (exact) mass is 180 g/mol. The van der Waals surface area contributed by atoms with Gasteiger partial charge in [0.2, 0.25) is 0 Å². The number of hydrogen-bond acceptors (Lipinski definition) is 2. The smallest absolute Gasteiger partial charge is 0.136 e. The molecule has 2 heteroatoms. The van der Waals surface area contributed by atoms with Gasteiger partial charge in [-0.3, -0.25) is 4.79 Å². The summed E-state index contributed by atoms with van der Waals surface area (Å²) < 4.78 is 0. The third kappa shape index (κ3) is 0.723. The first-order valence-electron chi connectivity index (χ1n) is 5.43. The summed E-state index contributed by atoms with van der Waals surface area (Å²) >= 11 is 0. The highest BCUT2D eigenvalue weighted by molar-refractivity contribution is 5.86. The molecule has 0 unspecified atom stereocenters. The van der Waals surface area contributed by atoms with Gasteiger partial charge in [-0.1, -0.05) is 6.42 Å². The number of ketones is 1. The van der Waals surface area contributed by atoms with Gasteiger partial charge in [-0.25, -0.2) is 0 Å². The van der Waals surface area contributed by atoms with E-state index in [1.165, 1.54) is 19.3 Å². The van der Waals surface area contributed by atoms with Crippen molar-refractivity contribution < 1.29 is 9.90 Å². The fourth-order valence-corrected chi connectivity index (χ4v) is 4.35. The summed E-state index contributed by atoms with van der Waals surface area (Å²) in [6.07, 6.45) is 5.48. The van der Waals surface area contributed by atoms with Crippen molar-refractivity contribution in [1.29, 1.82) is 0 Å². The average Bonchev–Trinajstić information content (AvgIpc) is 2.61. The molecule has 2 nitrogen and oxygen atoms in total. The SMILES string of the molecule is O=C1CC[C@@]2(CO)[C@@H]3CCC[C@@H]3[C@@H]12. The lowest BCUT2D eigenvalue weighted by Crippen LogP contribution is -2.55. The Kier molecular flexibility index (Phi) is 1.44. The Morgan fingerprint density at radius 2 is 2.31 bits per heavy atom. The Labute approximate surface area is 78.3 Å². The lowest BCUT2D eigenvalue weighted by atomic mass is 9.49. The summed E-state index contributed by atoms with van der Waals surface area (Å²) in [5.41, 5.74) is 0.0538. The minimum atomic E-state index is 0.0538. The van der Waals surface area contributed by atoms with E-state index in [-0.39, 0.29) is 17.9 Å². The van der Waals surface area contributed by atoms with Gasteiger partial charge >= 0.3 is 0 Å². The van der Waals surface area contributed by atoms with Gasteiger partial charge < -0.3 is 5.11 Å². The van der Waals surface area contributed by atoms with Crippen molar-refractivity contribution in [2.24, 2.45) is 23.2 Å². The van der Waals surface area contributed by atoms with E-state index in [0.29, 0.717) is 17.6 Å². The van der Waals surface area contributed by atoms with Crippen LogP contribution >= 0.6 is 0 Å². The molecule has 4 atom stereocenters. The molecule has 3 saturated carbocycles. The van der Waals surface area contributed by atoms with E-state index in [1.807, 2.05) is 0 Å². The number of fused-ring (bicyclic) bond motifs is 4. The summed E-state index contributed by atoms with van der Waals surface area (Å²) in [6.45, 7) is 0.255. The van der Waals surface area contributed by atoms with Gasteiger partial charge in [-0.05, 0) is 31.1 Å². The molecule has 0 heterocycles. The zero-order valence-corrected chi connectivity index (χ0v) is 7.83. The Morgan fingerprint density at radius 1 is 1.46 bits per heavy atom. The van der Waals surface area contributed by atoms with Crippen LogP contribution in [0.25, 0.3) is 0 Å². The number of rotatable bonds is 1. The van der Waals surface area contributed by atoms with Gasteiger partial charge in [0.15, 0.2) is 0 Å². The van der Waals surface area contributed by atoms with Crippen molar-refractivity contribution in [2.75, 3.05) is 6.61 Å². The van der Waals surface area contributed by atoms with Crippen molar-refractivity contribution in [3.8, 4) is 0 Å². The number of aliphatic hydroxyl groups excluding tert-OH is 1. The van der Waals surface area contributed by atoms with Crippen molar-refractivity contribution in [1.82, 2.24) is 0 Å². The van der Waals surface area contributed by atoms with E-state index in [4.69, 9.17) is 0 Å². The molecule has 72 valence electrons. The Bertz CT molecular complexity index is 261. The predicted octanol–water partition coefficient (Wildman–Crippen LogP) is 1.37. The predicted molar refractivity (Wildman–Crippen MR) is 48.1 cm³/mol. The first-order valence-corrected chi connectivity index (χ1v) is 5.43. The maximum absolute atomic E-state index is 11.6. The number of hydrogen-bond donors (Lipinski definition) is 1. The molecule has 1 N–H and O–H groups in total. The maximum Gasteiger partial charge on any atom is 0.136 e. The number of aliphatic hydroxyl groups is 1. The topological polar surface area (TPSA) is 37.3 Å². The van der Waals surface area contributed by atoms with Crippen LogP contribution in [0.3, 0.4) is 0 Å². The van der Waals surface area contributed by atoms with E-state index in [9.17, 15) is 9.90 Å². The Morgan fingerprint density at radius 3 is 3.08 bits per heavy atom. The number of Topliss-reactive ketones (excluding diaryl/α,β-unsaturated/α-hetero) is 1. The van der Waals surface area contributed by atoms with Crippen LogP contribution < -0.4 is 0 Å². The molecule has 0 radical (unpaired) electrons. The molecule has 0 bridgehead atoms. The second-order valence-electron chi connectivity index (χ2n) is 5.04. The molecule has 13 heavy (non-hydrogen) atoms. The van der Waals surface area contributed by atoms with Crippen molar-refractivity contribution in [3.63, 3.8) is 0 Å². The molecular formula is C11H16O2. The summed E-state index contributed by atoms with van der Waals surface area (Å²) in [7, 11) is 0. The molecule has 3 aliphatic rings. The molecule has 0 aromatic carbocycles. The molecule has 0 aromatic rings.